The highest BCUT2D eigenvalue weighted by atomic mass is 32.1. The first-order valence-electron chi connectivity index (χ1n) is 7.86. The lowest BCUT2D eigenvalue weighted by molar-refractivity contribution is -0.141. The van der Waals surface area contributed by atoms with Gasteiger partial charge >= 0.3 is 11.9 Å². The van der Waals surface area contributed by atoms with Crippen LogP contribution < -0.4 is 21.7 Å². The first-order chi connectivity index (χ1) is 12.5. The number of thiol groups is 1. The molecule has 0 heterocycles. The average molecular weight is 408 g/mol. The molecule has 0 rings (SSSR count). The van der Waals surface area contributed by atoms with Crippen molar-refractivity contribution >= 4 is 42.3 Å². The molecule has 27 heavy (non-hydrogen) atoms. The number of aliphatic carboxylic acids is 2. The molecule has 0 bridgehead atoms. The van der Waals surface area contributed by atoms with E-state index in [1.807, 2.05) is 0 Å². The Bertz CT molecular complexity index is 571. The van der Waals surface area contributed by atoms with Gasteiger partial charge in [0, 0.05) is 12.2 Å². The number of nitrogens with two attached hydrogens (primary N) is 1. The van der Waals surface area contributed by atoms with Crippen molar-refractivity contribution in [2.45, 2.75) is 44.0 Å². The number of aliphatic hydroxyl groups is 1. The standard InChI is InChI=1S/C14H24N4O8S/c1-6(19)11(15)13(24)18-7(2-3-10(21)22)12(23)16-4-9(20)17-8(5-27)14(25)26/h6-8,11,19,27H,2-5,15H2,1H3,(H,16,23)(H,17,20)(H,18,24)(H,21,22)(H,25,26). The van der Waals surface area contributed by atoms with Gasteiger partial charge in [0.2, 0.25) is 17.7 Å². The van der Waals surface area contributed by atoms with Crippen molar-refractivity contribution in [2.24, 2.45) is 5.73 Å². The third-order valence-corrected chi connectivity index (χ3v) is 3.71. The predicted molar refractivity (Wildman–Crippen MR) is 94.9 cm³/mol. The molecule has 8 N–H and O–H groups in total. The molecule has 4 atom stereocenters. The van der Waals surface area contributed by atoms with E-state index in [-0.39, 0.29) is 12.2 Å². The molecule has 0 radical (unpaired) electrons. The van der Waals surface area contributed by atoms with Crippen LogP contribution in [0.2, 0.25) is 0 Å². The Kier molecular flexibility index (Phi) is 11.0. The fourth-order valence-electron chi connectivity index (χ4n) is 1.75. The van der Waals surface area contributed by atoms with E-state index in [9.17, 15) is 29.1 Å². The monoisotopic (exact) mass is 408 g/mol. The minimum Gasteiger partial charge on any atom is -0.481 e. The number of carbonyl (C=O) groups is 5. The van der Waals surface area contributed by atoms with Gasteiger partial charge in [0.15, 0.2) is 0 Å². The van der Waals surface area contributed by atoms with Crippen LogP contribution in [0.3, 0.4) is 0 Å². The van der Waals surface area contributed by atoms with Gasteiger partial charge in [-0.1, -0.05) is 0 Å². The molecule has 0 aliphatic heterocycles. The maximum absolute atomic E-state index is 12.1. The molecule has 4 unspecified atom stereocenters. The molecule has 0 spiro atoms. The summed E-state index contributed by atoms with van der Waals surface area (Å²) < 4.78 is 0. The number of carboxylic acids is 2. The van der Waals surface area contributed by atoms with Crippen molar-refractivity contribution < 1.29 is 39.3 Å². The van der Waals surface area contributed by atoms with Crippen LogP contribution in [-0.2, 0) is 24.0 Å². The molecular weight excluding hydrogens is 384 g/mol. The van der Waals surface area contributed by atoms with E-state index in [0.29, 0.717) is 0 Å². The Morgan fingerprint density at radius 1 is 1.04 bits per heavy atom. The van der Waals surface area contributed by atoms with Gasteiger partial charge in [-0.05, 0) is 13.3 Å². The van der Waals surface area contributed by atoms with Gasteiger partial charge in [-0.3, -0.25) is 19.2 Å². The summed E-state index contributed by atoms with van der Waals surface area (Å²) in [4.78, 5) is 57.2. The minimum absolute atomic E-state index is 0.163. The molecule has 0 saturated carbocycles. The van der Waals surface area contributed by atoms with Crippen LogP contribution >= 0.6 is 12.6 Å². The number of hydrogen-bond donors (Lipinski definition) is 8. The van der Waals surface area contributed by atoms with Gasteiger partial charge in [-0.15, -0.1) is 0 Å². The predicted octanol–water partition coefficient (Wildman–Crippen LogP) is -3.34. The molecule has 154 valence electrons. The first-order valence-corrected chi connectivity index (χ1v) is 8.49. The van der Waals surface area contributed by atoms with Gasteiger partial charge in [0.1, 0.15) is 18.1 Å². The van der Waals surface area contributed by atoms with E-state index in [1.54, 1.807) is 0 Å². The largest absolute Gasteiger partial charge is 0.481 e. The second-order valence-corrected chi connectivity index (χ2v) is 5.98. The molecule has 3 amide bonds. The molecule has 13 heteroatoms. The zero-order valence-corrected chi connectivity index (χ0v) is 15.4. The first kappa shape index (κ1) is 24.6. The molecule has 0 fully saturated rings. The Labute approximate surface area is 160 Å². The molecular formula is C14H24N4O8S. The van der Waals surface area contributed by atoms with Crippen LogP contribution in [0.1, 0.15) is 19.8 Å². The fourth-order valence-corrected chi connectivity index (χ4v) is 1.99. The van der Waals surface area contributed by atoms with Gasteiger partial charge in [0.25, 0.3) is 0 Å². The molecule has 0 aliphatic rings. The number of rotatable bonds is 12. The van der Waals surface area contributed by atoms with Crippen LogP contribution in [0.4, 0.5) is 0 Å². The number of carbonyl (C=O) groups excluding carboxylic acids is 3. The summed E-state index contributed by atoms with van der Waals surface area (Å²) in [6.07, 6.45) is -1.93. The maximum atomic E-state index is 12.1. The summed E-state index contributed by atoms with van der Waals surface area (Å²) in [7, 11) is 0. The SMILES string of the molecule is CC(O)C(N)C(=O)NC(CCC(=O)O)C(=O)NCC(=O)NC(CS)C(=O)O. The summed E-state index contributed by atoms with van der Waals surface area (Å²) >= 11 is 3.77. The van der Waals surface area contributed by atoms with Crippen molar-refractivity contribution in [1.29, 1.82) is 0 Å². The van der Waals surface area contributed by atoms with Gasteiger partial charge in [-0.25, -0.2) is 4.79 Å². The van der Waals surface area contributed by atoms with Gasteiger partial charge < -0.3 is 37.0 Å². The highest BCUT2D eigenvalue weighted by molar-refractivity contribution is 7.80. The Morgan fingerprint density at radius 2 is 1.63 bits per heavy atom. The number of hydrogen-bond acceptors (Lipinski definition) is 8. The quantitative estimate of drug-likeness (QED) is 0.152. The van der Waals surface area contributed by atoms with E-state index in [2.05, 4.69) is 28.6 Å². The molecule has 0 aromatic carbocycles. The van der Waals surface area contributed by atoms with Crippen molar-refractivity contribution in [3.05, 3.63) is 0 Å². The lowest BCUT2D eigenvalue weighted by Gasteiger charge is -2.21. The number of carboxylic acid groups (broad SMARTS) is 2. The zero-order chi connectivity index (χ0) is 21.1. The summed E-state index contributed by atoms with van der Waals surface area (Å²) in [5.41, 5.74) is 5.45. The zero-order valence-electron chi connectivity index (χ0n) is 14.5. The highest BCUT2D eigenvalue weighted by Gasteiger charge is 2.27. The third kappa shape index (κ3) is 9.77. The molecule has 0 aromatic rings. The van der Waals surface area contributed by atoms with Crippen molar-refractivity contribution in [1.82, 2.24) is 16.0 Å². The molecule has 0 aromatic heterocycles. The van der Waals surface area contributed by atoms with Crippen LogP contribution in [0.5, 0.6) is 0 Å². The lowest BCUT2D eigenvalue weighted by Crippen LogP contribution is -2.55. The minimum atomic E-state index is -1.33. The van der Waals surface area contributed by atoms with Crippen molar-refractivity contribution in [3.8, 4) is 0 Å². The van der Waals surface area contributed by atoms with Crippen molar-refractivity contribution in [2.75, 3.05) is 12.3 Å². The van der Waals surface area contributed by atoms with Gasteiger partial charge in [0.05, 0.1) is 12.6 Å². The van der Waals surface area contributed by atoms with E-state index >= 15 is 0 Å². The summed E-state index contributed by atoms with van der Waals surface area (Å²) in [5.74, 6) is -5.23. The molecule has 12 nitrogen and oxygen atoms in total. The lowest BCUT2D eigenvalue weighted by atomic mass is 10.1. The second kappa shape index (κ2) is 12.1. The number of nitrogens with one attached hydrogen (secondary N) is 3. The normalized spacial score (nSPS) is 15.0. The fraction of sp³-hybridized carbons (Fsp3) is 0.643. The maximum Gasteiger partial charge on any atom is 0.327 e. The second-order valence-electron chi connectivity index (χ2n) is 5.62. The summed E-state index contributed by atoms with van der Waals surface area (Å²) in [5, 5.41) is 33.4. The third-order valence-electron chi connectivity index (χ3n) is 3.34. The van der Waals surface area contributed by atoms with Crippen LogP contribution in [0.25, 0.3) is 0 Å². The summed E-state index contributed by atoms with van der Waals surface area (Å²) in [6.45, 7) is 0.666. The van der Waals surface area contributed by atoms with E-state index in [0.717, 1.165) is 0 Å². The van der Waals surface area contributed by atoms with Crippen LogP contribution in [0.15, 0.2) is 0 Å². The Hall–Kier alpha value is -2.38. The number of amides is 3. The Morgan fingerprint density at radius 3 is 2.07 bits per heavy atom. The smallest absolute Gasteiger partial charge is 0.327 e. The van der Waals surface area contributed by atoms with E-state index < -0.39 is 66.9 Å². The highest BCUT2D eigenvalue weighted by Crippen LogP contribution is 2.00. The van der Waals surface area contributed by atoms with E-state index in [4.69, 9.17) is 15.9 Å². The van der Waals surface area contributed by atoms with Crippen molar-refractivity contribution in [3.63, 3.8) is 0 Å². The molecule has 0 aliphatic carbocycles. The van der Waals surface area contributed by atoms with E-state index in [1.165, 1.54) is 6.92 Å². The van der Waals surface area contributed by atoms with Crippen LogP contribution in [-0.4, -0.2) is 81.5 Å². The molecule has 0 saturated heterocycles. The average Bonchev–Trinajstić information content (AvgIpc) is 2.59. The number of aliphatic hydroxyl groups excluding tert-OH is 1. The summed E-state index contributed by atoms with van der Waals surface area (Å²) in [6, 6.07) is -3.89. The van der Waals surface area contributed by atoms with Gasteiger partial charge in [-0.2, -0.15) is 12.6 Å². The topological polar surface area (TPSA) is 208 Å². The Balaban J connectivity index is 4.83. The van der Waals surface area contributed by atoms with Crippen LogP contribution in [0, 0.1) is 0 Å².